The molecule has 4 heteroatoms. The quantitative estimate of drug-likeness (QED) is 0.878. The maximum Gasteiger partial charge on any atom is 0.241 e. The first kappa shape index (κ1) is 13.4. The van der Waals surface area contributed by atoms with E-state index in [-0.39, 0.29) is 11.9 Å². The van der Waals surface area contributed by atoms with E-state index in [0.29, 0.717) is 0 Å². The number of thioether (sulfide) groups is 1. The van der Waals surface area contributed by atoms with E-state index in [4.69, 9.17) is 5.73 Å². The molecular formula is C14H20N2OS. The molecule has 0 aromatic heterocycles. The Kier molecular flexibility index (Phi) is 4.66. The number of benzene rings is 1. The molecule has 1 fully saturated rings. The van der Waals surface area contributed by atoms with Crippen molar-refractivity contribution < 1.29 is 4.79 Å². The summed E-state index contributed by atoms with van der Waals surface area (Å²) in [6.07, 6.45) is 2.24. The molecule has 1 saturated heterocycles. The summed E-state index contributed by atoms with van der Waals surface area (Å²) in [4.78, 5) is 12.1. The molecule has 1 amide bonds. The molecule has 1 aromatic carbocycles. The molecule has 1 heterocycles. The van der Waals surface area contributed by atoms with E-state index in [1.807, 2.05) is 43.0 Å². The Hall–Kier alpha value is -1.00. The van der Waals surface area contributed by atoms with Gasteiger partial charge in [0, 0.05) is 11.8 Å². The lowest BCUT2D eigenvalue weighted by atomic mass is 10.0. The standard InChI is InChI=1S/C14H20N2OS/c1-10-4-6-11(7-5-10)13(15)14(17)16-12-3-2-8-18-9-12/h4-7,12-13H,2-3,8-9,15H2,1H3,(H,16,17). The van der Waals surface area contributed by atoms with Crippen LogP contribution in [0, 0.1) is 6.92 Å². The third-order valence-electron chi connectivity index (χ3n) is 3.23. The number of rotatable bonds is 3. The molecule has 0 radical (unpaired) electrons. The average molecular weight is 264 g/mol. The predicted molar refractivity (Wildman–Crippen MR) is 76.6 cm³/mol. The lowest BCUT2D eigenvalue weighted by Crippen LogP contribution is -2.43. The molecule has 0 aliphatic carbocycles. The summed E-state index contributed by atoms with van der Waals surface area (Å²) in [5, 5.41) is 3.05. The van der Waals surface area contributed by atoms with Crippen LogP contribution < -0.4 is 11.1 Å². The van der Waals surface area contributed by atoms with Crippen molar-refractivity contribution in [3.63, 3.8) is 0 Å². The van der Waals surface area contributed by atoms with E-state index in [1.54, 1.807) is 0 Å². The molecule has 2 rings (SSSR count). The van der Waals surface area contributed by atoms with Crippen molar-refractivity contribution in [2.75, 3.05) is 11.5 Å². The molecule has 0 bridgehead atoms. The maximum atomic E-state index is 12.1. The molecular weight excluding hydrogens is 244 g/mol. The third kappa shape index (κ3) is 3.50. The first-order chi connectivity index (χ1) is 8.66. The fraction of sp³-hybridized carbons (Fsp3) is 0.500. The molecule has 3 N–H and O–H groups in total. The molecule has 18 heavy (non-hydrogen) atoms. The van der Waals surface area contributed by atoms with Crippen LogP contribution in [0.5, 0.6) is 0 Å². The van der Waals surface area contributed by atoms with E-state index >= 15 is 0 Å². The van der Waals surface area contributed by atoms with Crippen molar-refractivity contribution >= 4 is 17.7 Å². The topological polar surface area (TPSA) is 55.1 Å². The highest BCUT2D eigenvalue weighted by Crippen LogP contribution is 2.18. The minimum atomic E-state index is -0.558. The molecule has 1 aliphatic rings. The zero-order chi connectivity index (χ0) is 13.0. The van der Waals surface area contributed by atoms with Crippen molar-refractivity contribution in [2.24, 2.45) is 5.73 Å². The second-order valence-corrected chi connectivity index (χ2v) is 5.96. The summed E-state index contributed by atoms with van der Waals surface area (Å²) in [5.41, 5.74) is 8.04. The molecule has 0 spiro atoms. The summed E-state index contributed by atoms with van der Waals surface area (Å²) in [7, 11) is 0. The van der Waals surface area contributed by atoms with E-state index in [2.05, 4.69) is 5.32 Å². The van der Waals surface area contributed by atoms with Gasteiger partial charge in [-0.25, -0.2) is 0 Å². The molecule has 98 valence electrons. The lowest BCUT2D eigenvalue weighted by molar-refractivity contribution is -0.123. The largest absolute Gasteiger partial charge is 0.351 e. The second kappa shape index (κ2) is 6.25. The second-order valence-electron chi connectivity index (χ2n) is 4.81. The van der Waals surface area contributed by atoms with Crippen LogP contribution in [-0.2, 0) is 4.79 Å². The van der Waals surface area contributed by atoms with Gasteiger partial charge in [-0.2, -0.15) is 11.8 Å². The number of nitrogens with one attached hydrogen (secondary N) is 1. The maximum absolute atomic E-state index is 12.1. The highest BCUT2D eigenvalue weighted by atomic mass is 32.2. The number of hydrogen-bond acceptors (Lipinski definition) is 3. The third-order valence-corrected chi connectivity index (χ3v) is 4.44. The Labute approximate surface area is 113 Å². The fourth-order valence-electron chi connectivity index (χ4n) is 2.07. The minimum absolute atomic E-state index is 0.0636. The Bertz CT molecular complexity index is 399. The number of aryl methyl sites for hydroxylation is 1. The van der Waals surface area contributed by atoms with Gasteiger partial charge in [0.25, 0.3) is 0 Å². The summed E-state index contributed by atoms with van der Waals surface area (Å²) < 4.78 is 0. The van der Waals surface area contributed by atoms with Gasteiger partial charge in [-0.15, -0.1) is 0 Å². The van der Waals surface area contributed by atoms with Crippen LogP contribution in [0.3, 0.4) is 0 Å². The Balaban J connectivity index is 1.93. The van der Waals surface area contributed by atoms with E-state index < -0.39 is 6.04 Å². The number of carbonyl (C=O) groups excluding carboxylic acids is 1. The van der Waals surface area contributed by atoms with Gasteiger partial charge in [-0.1, -0.05) is 29.8 Å². The van der Waals surface area contributed by atoms with Crippen LogP contribution in [0.4, 0.5) is 0 Å². The van der Waals surface area contributed by atoms with Gasteiger partial charge in [0.05, 0.1) is 0 Å². The highest BCUT2D eigenvalue weighted by Gasteiger charge is 2.21. The van der Waals surface area contributed by atoms with Crippen LogP contribution in [0.1, 0.15) is 30.0 Å². The number of carbonyl (C=O) groups is 1. The number of amides is 1. The fourth-order valence-corrected chi connectivity index (χ4v) is 3.14. The SMILES string of the molecule is Cc1ccc(C(N)C(=O)NC2CCCSC2)cc1. The molecule has 1 aromatic rings. The summed E-state index contributed by atoms with van der Waals surface area (Å²) in [6, 6.07) is 7.55. The smallest absolute Gasteiger partial charge is 0.241 e. The monoisotopic (exact) mass is 264 g/mol. The van der Waals surface area contributed by atoms with Crippen molar-refractivity contribution in [1.29, 1.82) is 0 Å². The van der Waals surface area contributed by atoms with Crippen molar-refractivity contribution in [3.05, 3.63) is 35.4 Å². The van der Waals surface area contributed by atoms with Gasteiger partial charge < -0.3 is 11.1 Å². The Morgan fingerprint density at radius 2 is 2.17 bits per heavy atom. The van der Waals surface area contributed by atoms with Crippen molar-refractivity contribution in [1.82, 2.24) is 5.32 Å². The normalized spacial score (nSPS) is 21.3. The van der Waals surface area contributed by atoms with Crippen LogP contribution >= 0.6 is 11.8 Å². The van der Waals surface area contributed by atoms with Crippen molar-refractivity contribution in [3.8, 4) is 0 Å². The minimum Gasteiger partial charge on any atom is -0.351 e. The summed E-state index contributed by atoms with van der Waals surface area (Å²) in [6.45, 7) is 2.02. The first-order valence-corrected chi connectivity index (χ1v) is 7.52. The van der Waals surface area contributed by atoms with Gasteiger partial charge in [0.15, 0.2) is 0 Å². The first-order valence-electron chi connectivity index (χ1n) is 6.37. The van der Waals surface area contributed by atoms with E-state index in [9.17, 15) is 4.79 Å². The Morgan fingerprint density at radius 3 is 2.78 bits per heavy atom. The Morgan fingerprint density at radius 1 is 1.44 bits per heavy atom. The summed E-state index contributed by atoms with van der Waals surface area (Å²) >= 11 is 1.90. The zero-order valence-corrected chi connectivity index (χ0v) is 11.5. The average Bonchev–Trinajstić information content (AvgIpc) is 2.40. The molecule has 2 unspecified atom stereocenters. The molecule has 1 aliphatic heterocycles. The lowest BCUT2D eigenvalue weighted by Gasteiger charge is -2.24. The summed E-state index contributed by atoms with van der Waals surface area (Å²) in [5.74, 6) is 2.15. The van der Waals surface area contributed by atoms with Gasteiger partial charge >= 0.3 is 0 Å². The van der Waals surface area contributed by atoms with Crippen LogP contribution in [0.15, 0.2) is 24.3 Å². The van der Waals surface area contributed by atoms with Crippen molar-refractivity contribution in [2.45, 2.75) is 31.8 Å². The number of hydrogen-bond donors (Lipinski definition) is 2. The van der Waals surface area contributed by atoms with Crippen LogP contribution in [-0.4, -0.2) is 23.5 Å². The van der Waals surface area contributed by atoms with Crippen LogP contribution in [0.25, 0.3) is 0 Å². The van der Waals surface area contributed by atoms with Gasteiger partial charge in [0.2, 0.25) is 5.91 Å². The van der Waals surface area contributed by atoms with Gasteiger partial charge in [-0.05, 0) is 31.1 Å². The predicted octanol–water partition coefficient (Wildman–Crippen LogP) is 2.01. The number of nitrogens with two attached hydrogens (primary N) is 1. The molecule has 3 nitrogen and oxygen atoms in total. The van der Waals surface area contributed by atoms with Gasteiger partial charge in [-0.3, -0.25) is 4.79 Å². The van der Waals surface area contributed by atoms with E-state index in [1.165, 1.54) is 17.7 Å². The highest BCUT2D eigenvalue weighted by molar-refractivity contribution is 7.99. The van der Waals surface area contributed by atoms with Gasteiger partial charge in [0.1, 0.15) is 6.04 Å². The zero-order valence-electron chi connectivity index (χ0n) is 10.7. The molecule has 2 atom stereocenters. The molecule has 0 saturated carbocycles. The van der Waals surface area contributed by atoms with Crippen LogP contribution in [0.2, 0.25) is 0 Å². The van der Waals surface area contributed by atoms with E-state index in [0.717, 1.165) is 17.7 Å².